The van der Waals surface area contributed by atoms with Gasteiger partial charge in [-0.1, -0.05) is 30.1 Å². The maximum absolute atomic E-state index is 3.52. The fraction of sp³-hybridized carbons (Fsp3) is 0.538. The van der Waals surface area contributed by atoms with Gasteiger partial charge in [0, 0.05) is 10.4 Å². The summed E-state index contributed by atoms with van der Waals surface area (Å²) in [7, 11) is 0. The molecule has 16 heavy (non-hydrogen) atoms. The number of hydrogen-bond donors (Lipinski definition) is 1. The Kier molecular flexibility index (Phi) is 3.88. The predicted octanol–water partition coefficient (Wildman–Crippen LogP) is 4.09. The Hall–Kier alpha value is -0.120. The van der Waals surface area contributed by atoms with Crippen LogP contribution in [0.1, 0.15) is 32.8 Å². The zero-order valence-electron chi connectivity index (χ0n) is 10.1. The molecule has 0 radical (unpaired) electrons. The van der Waals surface area contributed by atoms with E-state index in [-0.39, 0.29) is 5.54 Å². The Balaban J connectivity index is 1.93. The molecule has 0 bridgehead atoms. The van der Waals surface area contributed by atoms with Crippen LogP contribution in [0, 0.1) is 0 Å². The van der Waals surface area contributed by atoms with Crippen LogP contribution in [-0.4, -0.2) is 10.1 Å². The highest BCUT2D eigenvalue weighted by atomic mass is 32.2. The number of aryl methyl sites for hydroxylation is 1. The third kappa shape index (κ3) is 3.44. The van der Waals surface area contributed by atoms with Gasteiger partial charge in [0.15, 0.2) is 0 Å². The maximum atomic E-state index is 3.52. The number of fused-ring (bicyclic) bond motifs is 1. The van der Waals surface area contributed by atoms with Gasteiger partial charge in [-0.25, -0.2) is 0 Å². The van der Waals surface area contributed by atoms with Gasteiger partial charge in [0.2, 0.25) is 0 Å². The van der Waals surface area contributed by atoms with Crippen LogP contribution in [-0.2, 0) is 6.42 Å². The fourth-order valence-electron chi connectivity index (χ4n) is 1.62. The Labute approximate surface area is 107 Å². The van der Waals surface area contributed by atoms with Crippen LogP contribution < -0.4 is 4.72 Å². The minimum absolute atomic E-state index is 0.197. The number of rotatable bonds is 2. The molecule has 0 amide bonds. The first-order chi connectivity index (χ1) is 7.54. The Morgan fingerprint density at radius 3 is 2.81 bits per heavy atom. The second-order valence-electron chi connectivity index (χ2n) is 5.16. The first kappa shape index (κ1) is 12.3. The molecule has 1 unspecified atom stereocenters. The molecule has 0 aliphatic carbocycles. The Morgan fingerprint density at radius 1 is 1.31 bits per heavy atom. The lowest BCUT2D eigenvalue weighted by Gasteiger charge is -2.27. The summed E-state index contributed by atoms with van der Waals surface area (Å²) in [5.74, 6) is 0. The van der Waals surface area contributed by atoms with Crippen molar-refractivity contribution in [3.05, 3.63) is 29.8 Å². The van der Waals surface area contributed by atoms with Gasteiger partial charge in [-0.05, 0) is 45.2 Å². The second kappa shape index (κ2) is 5.03. The number of hydrogen-bond acceptors (Lipinski definition) is 3. The van der Waals surface area contributed by atoms with Crippen LogP contribution in [0.3, 0.4) is 0 Å². The average molecular weight is 253 g/mol. The summed E-state index contributed by atoms with van der Waals surface area (Å²) < 4.78 is 4.17. The summed E-state index contributed by atoms with van der Waals surface area (Å²) in [5.41, 5.74) is 1.71. The molecule has 1 nitrogen and oxygen atoms in total. The minimum atomic E-state index is 0.197. The summed E-state index contributed by atoms with van der Waals surface area (Å²) in [6, 6.07) is 8.76. The van der Waals surface area contributed by atoms with Gasteiger partial charge < -0.3 is 0 Å². The van der Waals surface area contributed by atoms with Crippen molar-refractivity contribution in [1.29, 1.82) is 0 Å². The van der Waals surface area contributed by atoms with Crippen molar-refractivity contribution in [3.8, 4) is 0 Å². The lowest BCUT2D eigenvalue weighted by Crippen LogP contribution is -2.31. The first-order valence-electron chi connectivity index (χ1n) is 5.72. The van der Waals surface area contributed by atoms with Gasteiger partial charge in [0.1, 0.15) is 0 Å². The average Bonchev–Trinajstić information content (AvgIpc) is 2.25. The number of thioether (sulfide) groups is 1. The van der Waals surface area contributed by atoms with Crippen LogP contribution in [0.5, 0.6) is 0 Å². The van der Waals surface area contributed by atoms with Crippen LogP contribution in [0.2, 0.25) is 0 Å². The quantitative estimate of drug-likeness (QED) is 0.797. The topological polar surface area (TPSA) is 12.0 Å². The molecule has 1 aromatic carbocycles. The molecular formula is C13H19NS2. The summed E-state index contributed by atoms with van der Waals surface area (Å²) in [4.78, 5) is 1.46. The van der Waals surface area contributed by atoms with Crippen molar-refractivity contribution in [2.45, 2.75) is 48.6 Å². The van der Waals surface area contributed by atoms with Crippen molar-refractivity contribution in [2.75, 3.05) is 0 Å². The van der Waals surface area contributed by atoms with E-state index in [1.165, 1.54) is 23.3 Å². The Bertz CT molecular complexity index is 357. The molecule has 1 aromatic rings. The molecule has 1 aliphatic rings. The lowest BCUT2D eigenvalue weighted by atomic mass is 10.1. The fourth-order valence-corrected chi connectivity index (χ4v) is 3.99. The SMILES string of the molecule is CC(C)(C)NSC1CCc2ccccc2S1. The van der Waals surface area contributed by atoms with Crippen LogP contribution in [0.15, 0.2) is 29.2 Å². The van der Waals surface area contributed by atoms with E-state index in [9.17, 15) is 0 Å². The van der Waals surface area contributed by atoms with E-state index in [2.05, 4.69) is 49.8 Å². The largest absolute Gasteiger partial charge is 0.258 e. The van der Waals surface area contributed by atoms with E-state index in [0.29, 0.717) is 4.58 Å². The highest BCUT2D eigenvalue weighted by Crippen LogP contribution is 2.39. The third-order valence-corrected chi connectivity index (χ3v) is 5.33. The third-order valence-electron chi connectivity index (χ3n) is 2.38. The van der Waals surface area contributed by atoms with Crippen molar-refractivity contribution in [3.63, 3.8) is 0 Å². The molecule has 1 heterocycles. The van der Waals surface area contributed by atoms with Gasteiger partial charge >= 0.3 is 0 Å². The van der Waals surface area contributed by atoms with E-state index in [4.69, 9.17) is 0 Å². The minimum Gasteiger partial charge on any atom is -0.258 e. The smallest absolute Gasteiger partial charge is 0.0697 e. The van der Waals surface area contributed by atoms with Gasteiger partial charge in [0.05, 0.1) is 4.58 Å². The molecule has 1 atom stereocenters. The number of nitrogens with one attached hydrogen (secondary N) is 1. The zero-order valence-corrected chi connectivity index (χ0v) is 11.8. The highest BCUT2D eigenvalue weighted by Gasteiger charge is 2.21. The molecule has 1 N–H and O–H groups in total. The van der Waals surface area contributed by atoms with E-state index >= 15 is 0 Å². The van der Waals surface area contributed by atoms with Gasteiger partial charge in [-0.3, -0.25) is 4.72 Å². The molecule has 0 saturated carbocycles. The van der Waals surface area contributed by atoms with Gasteiger partial charge in [0.25, 0.3) is 0 Å². The molecular weight excluding hydrogens is 234 g/mol. The maximum Gasteiger partial charge on any atom is 0.0697 e. The van der Waals surface area contributed by atoms with E-state index in [0.717, 1.165) is 0 Å². The molecule has 0 saturated heterocycles. The van der Waals surface area contributed by atoms with E-state index in [1.54, 1.807) is 0 Å². The van der Waals surface area contributed by atoms with Crippen molar-refractivity contribution >= 4 is 23.7 Å². The standard InChI is InChI=1S/C13H19NS2/c1-13(2,3)14-16-12-9-8-10-6-4-5-7-11(10)15-12/h4-7,12,14H,8-9H2,1-3H3. The van der Waals surface area contributed by atoms with Crippen molar-refractivity contribution in [2.24, 2.45) is 0 Å². The van der Waals surface area contributed by atoms with Gasteiger partial charge in [-0.15, -0.1) is 11.8 Å². The van der Waals surface area contributed by atoms with Crippen LogP contribution >= 0.6 is 23.7 Å². The molecule has 3 heteroatoms. The van der Waals surface area contributed by atoms with E-state index < -0.39 is 0 Å². The number of benzene rings is 1. The van der Waals surface area contributed by atoms with Crippen LogP contribution in [0.4, 0.5) is 0 Å². The van der Waals surface area contributed by atoms with Gasteiger partial charge in [-0.2, -0.15) is 0 Å². The monoisotopic (exact) mass is 253 g/mol. The molecule has 2 rings (SSSR count). The van der Waals surface area contributed by atoms with Crippen molar-refractivity contribution in [1.82, 2.24) is 4.72 Å². The molecule has 1 aliphatic heterocycles. The highest BCUT2D eigenvalue weighted by molar-refractivity contribution is 8.16. The summed E-state index contributed by atoms with van der Waals surface area (Å²) >= 11 is 3.88. The molecule has 0 aromatic heterocycles. The lowest BCUT2D eigenvalue weighted by molar-refractivity contribution is 0.534. The first-order valence-corrected chi connectivity index (χ1v) is 7.48. The second-order valence-corrected chi connectivity index (χ2v) is 7.72. The molecule has 0 fully saturated rings. The Morgan fingerprint density at radius 2 is 2.06 bits per heavy atom. The predicted molar refractivity (Wildman–Crippen MR) is 74.9 cm³/mol. The summed E-state index contributed by atoms with van der Waals surface area (Å²) in [6.45, 7) is 6.63. The molecule has 88 valence electrons. The summed E-state index contributed by atoms with van der Waals surface area (Å²) in [6.07, 6.45) is 2.47. The zero-order chi connectivity index (χ0) is 11.6. The van der Waals surface area contributed by atoms with Crippen LogP contribution in [0.25, 0.3) is 0 Å². The summed E-state index contributed by atoms with van der Waals surface area (Å²) in [5, 5.41) is 0. The van der Waals surface area contributed by atoms with E-state index in [1.807, 2.05) is 23.7 Å². The van der Waals surface area contributed by atoms with Crippen molar-refractivity contribution < 1.29 is 0 Å². The normalized spacial score (nSPS) is 20.6. The molecule has 0 spiro atoms.